The van der Waals surface area contributed by atoms with Gasteiger partial charge in [0.25, 0.3) is 0 Å². The van der Waals surface area contributed by atoms with E-state index in [0.29, 0.717) is 10.2 Å². The molecule has 0 bridgehead atoms. The smallest absolute Gasteiger partial charge is 0.350 e. The molecule has 0 aromatic heterocycles. The largest absolute Gasteiger partial charge is 0.481 e. The van der Waals surface area contributed by atoms with E-state index in [0.717, 1.165) is 0 Å². The molecule has 0 saturated heterocycles. The van der Waals surface area contributed by atoms with Gasteiger partial charge in [0, 0.05) is 4.47 Å². The summed E-state index contributed by atoms with van der Waals surface area (Å²) in [7, 11) is 0. The van der Waals surface area contributed by atoms with Crippen molar-refractivity contribution >= 4 is 39.3 Å². The Bertz CT molecular complexity index is 456. The summed E-state index contributed by atoms with van der Waals surface area (Å²) in [6.07, 6.45) is -0.614. The van der Waals surface area contributed by atoms with Crippen LogP contribution in [0.1, 0.15) is 6.42 Å². The first-order valence-electron chi connectivity index (χ1n) is 4.28. The molecule has 0 unspecified atom stereocenters. The quantitative estimate of drug-likeness (QED) is 0.829. The van der Waals surface area contributed by atoms with E-state index in [-0.39, 0.29) is 0 Å². The third-order valence-electron chi connectivity index (χ3n) is 1.67. The minimum absolute atomic E-state index is 0.390. The standard InChI is InChI=1S/C10H8BrNO4/c11-6-3-1-2-4-7(6)12-8(10(15)16)5-9(13)14/h1-4H,5H2,(H,13,14)(H,15,16). The van der Waals surface area contributed by atoms with Gasteiger partial charge in [0.1, 0.15) is 5.71 Å². The number of carboxylic acids is 2. The summed E-state index contributed by atoms with van der Waals surface area (Å²) in [5.74, 6) is -2.56. The number of nitrogens with zero attached hydrogens (tertiary/aromatic N) is 1. The Balaban J connectivity index is 3.07. The fourth-order valence-electron chi connectivity index (χ4n) is 0.994. The third-order valence-corrected chi connectivity index (χ3v) is 2.34. The number of benzene rings is 1. The average molecular weight is 286 g/mol. The summed E-state index contributed by atoms with van der Waals surface area (Å²) in [5, 5.41) is 17.3. The molecule has 5 nitrogen and oxygen atoms in total. The molecule has 1 aromatic rings. The van der Waals surface area contributed by atoms with Crippen molar-refractivity contribution in [3.8, 4) is 0 Å². The Labute approximate surface area is 99.6 Å². The summed E-state index contributed by atoms with van der Waals surface area (Å²) < 4.78 is 0.610. The molecule has 1 aromatic carbocycles. The van der Waals surface area contributed by atoms with Gasteiger partial charge in [0.05, 0.1) is 12.1 Å². The Morgan fingerprint density at radius 3 is 2.38 bits per heavy atom. The number of halogens is 1. The van der Waals surface area contributed by atoms with Gasteiger partial charge in [0.15, 0.2) is 0 Å². The van der Waals surface area contributed by atoms with Crippen LogP contribution in [0.3, 0.4) is 0 Å². The van der Waals surface area contributed by atoms with Gasteiger partial charge in [-0.05, 0) is 28.1 Å². The highest BCUT2D eigenvalue weighted by Crippen LogP contribution is 2.24. The van der Waals surface area contributed by atoms with Gasteiger partial charge in [-0.3, -0.25) is 4.79 Å². The number of carboxylic acid groups (broad SMARTS) is 2. The van der Waals surface area contributed by atoms with Crippen LogP contribution in [0, 0.1) is 0 Å². The maximum absolute atomic E-state index is 10.7. The molecule has 0 saturated carbocycles. The molecule has 0 aliphatic rings. The number of para-hydroxylation sites is 1. The predicted molar refractivity (Wildman–Crippen MR) is 61.1 cm³/mol. The summed E-state index contributed by atoms with van der Waals surface area (Å²) in [6.45, 7) is 0. The second-order valence-corrected chi connectivity index (χ2v) is 3.74. The monoisotopic (exact) mass is 285 g/mol. The van der Waals surface area contributed by atoms with E-state index in [1.54, 1.807) is 24.3 Å². The SMILES string of the molecule is O=C(O)CC(=Nc1ccccc1Br)C(=O)O. The second kappa shape index (κ2) is 5.41. The van der Waals surface area contributed by atoms with Gasteiger partial charge in [-0.1, -0.05) is 12.1 Å². The van der Waals surface area contributed by atoms with E-state index in [1.807, 2.05) is 0 Å². The number of aliphatic carboxylic acids is 2. The Hall–Kier alpha value is -1.69. The van der Waals surface area contributed by atoms with Crippen molar-refractivity contribution in [2.75, 3.05) is 0 Å². The molecule has 0 heterocycles. The minimum Gasteiger partial charge on any atom is -0.481 e. The summed E-state index contributed by atoms with van der Waals surface area (Å²) in [6, 6.07) is 6.72. The van der Waals surface area contributed by atoms with Gasteiger partial charge >= 0.3 is 11.9 Å². The van der Waals surface area contributed by atoms with Crippen LogP contribution in [-0.4, -0.2) is 27.9 Å². The maximum Gasteiger partial charge on any atom is 0.350 e. The lowest BCUT2D eigenvalue weighted by atomic mass is 10.2. The van der Waals surface area contributed by atoms with Crippen LogP contribution in [-0.2, 0) is 9.59 Å². The summed E-state index contributed by atoms with van der Waals surface area (Å²) in [4.78, 5) is 25.0. The first-order chi connectivity index (χ1) is 7.50. The zero-order valence-corrected chi connectivity index (χ0v) is 9.64. The van der Waals surface area contributed by atoms with Gasteiger partial charge in [-0.2, -0.15) is 0 Å². The van der Waals surface area contributed by atoms with E-state index in [4.69, 9.17) is 10.2 Å². The van der Waals surface area contributed by atoms with Gasteiger partial charge < -0.3 is 10.2 Å². The lowest BCUT2D eigenvalue weighted by Gasteiger charge is -2.00. The van der Waals surface area contributed by atoms with Crippen LogP contribution in [0.25, 0.3) is 0 Å². The highest BCUT2D eigenvalue weighted by molar-refractivity contribution is 9.10. The van der Waals surface area contributed by atoms with E-state index in [2.05, 4.69) is 20.9 Å². The fourth-order valence-corrected chi connectivity index (χ4v) is 1.37. The van der Waals surface area contributed by atoms with Crippen LogP contribution in [0.4, 0.5) is 5.69 Å². The lowest BCUT2D eigenvalue weighted by Crippen LogP contribution is -2.17. The molecule has 0 spiro atoms. The minimum atomic E-state index is -1.34. The molecule has 0 radical (unpaired) electrons. The Morgan fingerprint density at radius 2 is 1.88 bits per heavy atom. The molecular weight excluding hydrogens is 278 g/mol. The number of carbonyl (C=O) groups is 2. The fraction of sp³-hybridized carbons (Fsp3) is 0.100. The van der Waals surface area contributed by atoms with Crippen molar-refractivity contribution in [3.63, 3.8) is 0 Å². The zero-order valence-electron chi connectivity index (χ0n) is 8.05. The van der Waals surface area contributed by atoms with E-state index < -0.39 is 24.1 Å². The Morgan fingerprint density at radius 1 is 1.25 bits per heavy atom. The molecule has 0 aliphatic carbocycles. The lowest BCUT2D eigenvalue weighted by molar-refractivity contribution is -0.137. The Kier molecular flexibility index (Phi) is 4.19. The molecule has 84 valence electrons. The van der Waals surface area contributed by atoms with Gasteiger partial charge in [0.2, 0.25) is 0 Å². The molecule has 0 atom stereocenters. The van der Waals surface area contributed by atoms with E-state index in [9.17, 15) is 9.59 Å². The van der Waals surface area contributed by atoms with Gasteiger partial charge in [-0.15, -0.1) is 0 Å². The average Bonchev–Trinajstić information content (AvgIpc) is 2.19. The first kappa shape index (κ1) is 12.4. The molecule has 0 amide bonds. The van der Waals surface area contributed by atoms with Crippen LogP contribution >= 0.6 is 15.9 Å². The highest BCUT2D eigenvalue weighted by Gasteiger charge is 2.14. The number of hydrogen-bond acceptors (Lipinski definition) is 3. The third kappa shape index (κ3) is 3.47. The van der Waals surface area contributed by atoms with Crippen molar-refractivity contribution in [1.82, 2.24) is 0 Å². The number of rotatable bonds is 4. The molecule has 0 fully saturated rings. The zero-order chi connectivity index (χ0) is 12.1. The molecule has 2 N–H and O–H groups in total. The van der Waals surface area contributed by atoms with Crippen LogP contribution in [0.15, 0.2) is 33.7 Å². The first-order valence-corrected chi connectivity index (χ1v) is 5.07. The van der Waals surface area contributed by atoms with Crippen molar-refractivity contribution in [2.24, 2.45) is 4.99 Å². The van der Waals surface area contributed by atoms with Gasteiger partial charge in [-0.25, -0.2) is 9.79 Å². The van der Waals surface area contributed by atoms with E-state index in [1.165, 1.54) is 0 Å². The molecule has 1 rings (SSSR count). The number of aliphatic imine (C=N–C) groups is 1. The van der Waals surface area contributed by atoms with Crippen molar-refractivity contribution < 1.29 is 19.8 Å². The van der Waals surface area contributed by atoms with Crippen molar-refractivity contribution in [2.45, 2.75) is 6.42 Å². The summed E-state index contributed by atoms with van der Waals surface area (Å²) >= 11 is 3.19. The molecular formula is C10H8BrNO4. The molecule has 6 heteroatoms. The normalized spacial score (nSPS) is 11.2. The molecule has 16 heavy (non-hydrogen) atoms. The highest BCUT2D eigenvalue weighted by atomic mass is 79.9. The van der Waals surface area contributed by atoms with Crippen molar-refractivity contribution in [1.29, 1.82) is 0 Å². The van der Waals surface area contributed by atoms with Crippen LogP contribution in [0.2, 0.25) is 0 Å². The predicted octanol–water partition coefficient (Wildman–Crippen LogP) is 2.08. The van der Waals surface area contributed by atoms with Crippen molar-refractivity contribution in [3.05, 3.63) is 28.7 Å². The molecule has 0 aliphatic heterocycles. The topological polar surface area (TPSA) is 87.0 Å². The number of hydrogen-bond donors (Lipinski definition) is 2. The second-order valence-electron chi connectivity index (χ2n) is 2.89. The van der Waals surface area contributed by atoms with Crippen LogP contribution < -0.4 is 0 Å². The van der Waals surface area contributed by atoms with Crippen LogP contribution in [0.5, 0.6) is 0 Å². The maximum atomic E-state index is 10.7. The summed E-state index contributed by atoms with van der Waals surface area (Å²) in [5.41, 5.74) is -0.0134. The van der Waals surface area contributed by atoms with E-state index >= 15 is 0 Å².